The van der Waals surface area contributed by atoms with Crippen LogP contribution >= 0.6 is 0 Å². The van der Waals surface area contributed by atoms with Crippen molar-refractivity contribution in [2.75, 3.05) is 37.6 Å². The molecule has 0 aromatic heterocycles. The van der Waals surface area contributed by atoms with Crippen LogP contribution in [0, 0.1) is 0 Å². The van der Waals surface area contributed by atoms with Gasteiger partial charge in [0, 0.05) is 44.8 Å². The predicted octanol–water partition coefficient (Wildman–Crippen LogP) is 2.76. The molecule has 0 atom stereocenters. The van der Waals surface area contributed by atoms with E-state index in [2.05, 4.69) is 61.8 Å². The third-order valence-electron chi connectivity index (χ3n) is 5.82. The first kappa shape index (κ1) is 19.6. The van der Waals surface area contributed by atoms with Crippen molar-refractivity contribution in [1.29, 1.82) is 0 Å². The van der Waals surface area contributed by atoms with Crippen LogP contribution in [-0.2, 0) is 9.31 Å². The highest BCUT2D eigenvalue weighted by Crippen LogP contribution is 2.36. The highest BCUT2D eigenvalue weighted by molar-refractivity contribution is 6.62. The predicted molar refractivity (Wildman–Crippen MR) is 101 cm³/mol. The van der Waals surface area contributed by atoms with Crippen LogP contribution in [0.1, 0.15) is 34.1 Å². The molecule has 2 aliphatic heterocycles. The standard InChI is InChI=1S/C19H29BF2N2O2/c1-18(2)19(3,4)26-20(25-18)15-5-7-16(8-6-15)24-13-11-23(12-14-24)10-9-17(21)22/h5-8,17H,9-14H2,1-4H3. The van der Waals surface area contributed by atoms with Crippen molar-refractivity contribution in [3.8, 4) is 0 Å². The fourth-order valence-corrected chi connectivity index (χ4v) is 3.33. The normalized spacial score (nSPS) is 23.0. The van der Waals surface area contributed by atoms with E-state index in [1.54, 1.807) is 0 Å². The van der Waals surface area contributed by atoms with Crippen LogP contribution in [0.15, 0.2) is 24.3 Å². The van der Waals surface area contributed by atoms with E-state index in [-0.39, 0.29) is 24.7 Å². The Morgan fingerprint density at radius 2 is 1.50 bits per heavy atom. The number of nitrogens with zero attached hydrogens (tertiary/aromatic N) is 2. The number of hydrogen-bond donors (Lipinski definition) is 0. The average molecular weight is 366 g/mol. The van der Waals surface area contributed by atoms with E-state index < -0.39 is 6.43 Å². The summed E-state index contributed by atoms with van der Waals surface area (Å²) in [6, 6.07) is 8.30. The van der Waals surface area contributed by atoms with Crippen LogP contribution in [0.5, 0.6) is 0 Å². The molecule has 2 fully saturated rings. The maximum atomic E-state index is 12.3. The topological polar surface area (TPSA) is 24.9 Å². The largest absolute Gasteiger partial charge is 0.494 e. The Bertz CT molecular complexity index is 586. The highest BCUT2D eigenvalue weighted by atomic mass is 19.3. The molecule has 0 aliphatic carbocycles. The lowest BCUT2D eigenvalue weighted by Gasteiger charge is -2.36. The van der Waals surface area contributed by atoms with Crippen molar-refractivity contribution in [2.45, 2.75) is 51.7 Å². The Labute approximate surface area is 155 Å². The molecule has 0 bridgehead atoms. The van der Waals surface area contributed by atoms with E-state index in [0.717, 1.165) is 37.3 Å². The molecule has 1 aromatic rings. The summed E-state index contributed by atoms with van der Waals surface area (Å²) in [6.45, 7) is 12.1. The molecule has 0 N–H and O–H groups in total. The number of piperazine rings is 1. The summed E-state index contributed by atoms with van der Waals surface area (Å²) in [5.41, 5.74) is 1.48. The molecular weight excluding hydrogens is 337 g/mol. The molecule has 144 valence electrons. The van der Waals surface area contributed by atoms with Crippen molar-refractivity contribution in [1.82, 2.24) is 4.90 Å². The van der Waals surface area contributed by atoms with Gasteiger partial charge in [0.05, 0.1) is 11.2 Å². The fourth-order valence-electron chi connectivity index (χ4n) is 3.33. The van der Waals surface area contributed by atoms with Gasteiger partial charge in [-0.15, -0.1) is 0 Å². The van der Waals surface area contributed by atoms with Crippen molar-refractivity contribution in [2.24, 2.45) is 0 Å². The number of alkyl halides is 2. The van der Waals surface area contributed by atoms with Gasteiger partial charge in [0.2, 0.25) is 6.43 Å². The van der Waals surface area contributed by atoms with Gasteiger partial charge < -0.3 is 14.2 Å². The van der Waals surface area contributed by atoms with Gasteiger partial charge in [-0.1, -0.05) is 12.1 Å². The van der Waals surface area contributed by atoms with Gasteiger partial charge in [0.1, 0.15) is 0 Å². The van der Waals surface area contributed by atoms with Crippen LogP contribution < -0.4 is 10.4 Å². The summed E-state index contributed by atoms with van der Waals surface area (Å²) in [5.74, 6) is 0. The van der Waals surface area contributed by atoms with E-state index in [1.807, 2.05) is 0 Å². The summed E-state index contributed by atoms with van der Waals surface area (Å²) >= 11 is 0. The van der Waals surface area contributed by atoms with Gasteiger partial charge in [-0.05, 0) is 45.3 Å². The first-order valence-corrected chi connectivity index (χ1v) is 9.39. The smallest absolute Gasteiger partial charge is 0.399 e. The molecule has 0 amide bonds. The zero-order chi connectivity index (χ0) is 18.9. The second-order valence-corrected chi connectivity index (χ2v) is 8.19. The zero-order valence-corrected chi connectivity index (χ0v) is 16.2. The molecule has 2 aliphatic rings. The van der Waals surface area contributed by atoms with Crippen LogP contribution in [0.3, 0.4) is 0 Å². The average Bonchev–Trinajstić information content (AvgIpc) is 2.81. The maximum absolute atomic E-state index is 12.3. The minimum atomic E-state index is -2.21. The maximum Gasteiger partial charge on any atom is 0.494 e. The summed E-state index contributed by atoms with van der Waals surface area (Å²) < 4.78 is 36.9. The minimum Gasteiger partial charge on any atom is -0.399 e. The summed E-state index contributed by atoms with van der Waals surface area (Å²) in [5, 5.41) is 0. The van der Waals surface area contributed by atoms with E-state index in [4.69, 9.17) is 9.31 Å². The molecule has 0 spiro atoms. The first-order valence-electron chi connectivity index (χ1n) is 9.39. The van der Waals surface area contributed by atoms with Crippen molar-refractivity contribution in [3.63, 3.8) is 0 Å². The SMILES string of the molecule is CC1(C)OB(c2ccc(N3CCN(CCC(F)F)CC3)cc2)OC1(C)C. The fraction of sp³-hybridized carbons (Fsp3) is 0.684. The van der Waals surface area contributed by atoms with Gasteiger partial charge in [-0.3, -0.25) is 4.90 Å². The molecule has 1 aromatic carbocycles. The third kappa shape index (κ3) is 4.21. The monoisotopic (exact) mass is 366 g/mol. The van der Waals surface area contributed by atoms with Crippen molar-refractivity contribution >= 4 is 18.3 Å². The van der Waals surface area contributed by atoms with Crippen LogP contribution in [0.2, 0.25) is 0 Å². The molecule has 4 nitrogen and oxygen atoms in total. The van der Waals surface area contributed by atoms with Crippen molar-refractivity contribution < 1.29 is 18.1 Å². The Morgan fingerprint density at radius 1 is 0.962 bits per heavy atom. The molecule has 7 heteroatoms. The molecule has 2 heterocycles. The van der Waals surface area contributed by atoms with E-state index in [9.17, 15) is 8.78 Å². The number of halogens is 2. The molecule has 0 saturated carbocycles. The number of benzene rings is 1. The van der Waals surface area contributed by atoms with E-state index >= 15 is 0 Å². The van der Waals surface area contributed by atoms with Gasteiger partial charge in [0.15, 0.2) is 0 Å². The number of hydrogen-bond acceptors (Lipinski definition) is 4. The first-order chi connectivity index (χ1) is 12.2. The molecule has 0 unspecified atom stereocenters. The van der Waals surface area contributed by atoms with Gasteiger partial charge in [0.25, 0.3) is 0 Å². The quantitative estimate of drug-likeness (QED) is 0.749. The second-order valence-electron chi connectivity index (χ2n) is 8.19. The molecule has 0 radical (unpaired) electrons. The molecular formula is C19H29BF2N2O2. The van der Waals surface area contributed by atoms with Gasteiger partial charge >= 0.3 is 7.12 Å². The zero-order valence-electron chi connectivity index (χ0n) is 16.2. The molecule has 3 rings (SSSR count). The van der Waals surface area contributed by atoms with E-state index in [1.165, 1.54) is 0 Å². The van der Waals surface area contributed by atoms with Crippen molar-refractivity contribution in [3.05, 3.63) is 24.3 Å². The minimum absolute atomic E-state index is 0.0389. The van der Waals surface area contributed by atoms with Gasteiger partial charge in [-0.25, -0.2) is 8.78 Å². The van der Waals surface area contributed by atoms with Gasteiger partial charge in [-0.2, -0.15) is 0 Å². The summed E-state index contributed by atoms with van der Waals surface area (Å²) in [7, 11) is -0.347. The number of anilines is 1. The lowest BCUT2D eigenvalue weighted by atomic mass is 9.79. The Hall–Kier alpha value is -1.18. The Kier molecular flexibility index (Phi) is 5.61. The van der Waals surface area contributed by atoms with E-state index in [0.29, 0.717) is 6.54 Å². The third-order valence-corrected chi connectivity index (χ3v) is 5.82. The molecule has 2 saturated heterocycles. The van der Waals surface area contributed by atoms with Crippen LogP contribution in [0.25, 0.3) is 0 Å². The lowest BCUT2D eigenvalue weighted by Crippen LogP contribution is -2.47. The van der Waals surface area contributed by atoms with Crippen LogP contribution in [0.4, 0.5) is 14.5 Å². The molecule has 26 heavy (non-hydrogen) atoms. The Balaban J connectivity index is 1.56. The summed E-state index contributed by atoms with van der Waals surface area (Å²) in [4.78, 5) is 4.41. The highest BCUT2D eigenvalue weighted by Gasteiger charge is 2.51. The van der Waals surface area contributed by atoms with Crippen LogP contribution in [-0.4, -0.2) is 62.4 Å². The number of rotatable bonds is 5. The lowest BCUT2D eigenvalue weighted by molar-refractivity contribution is 0.00578. The second kappa shape index (κ2) is 7.45. The Morgan fingerprint density at radius 3 is 2.00 bits per heavy atom. The summed E-state index contributed by atoms with van der Waals surface area (Å²) in [6.07, 6.45) is -2.25.